The molecule has 0 amide bonds. The minimum atomic E-state index is 1.07. The molecule has 24 heavy (non-hydrogen) atoms. The van der Waals surface area contributed by atoms with Crippen LogP contribution < -0.4 is 5.32 Å². The van der Waals surface area contributed by atoms with Gasteiger partial charge in [-0.2, -0.15) is 0 Å². The molecule has 0 unspecified atom stereocenters. The predicted octanol–water partition coefficient (Wildman–Crippen LogP) is 4.80. The highest BCUT2D eigenvalue weighted by molar-refractivity contribution is 5.86. The number of benzene rings is 2. The maximum Gasteiger partial charge on any atom is 0.0483 e. The summed E-state index contributed by atoms with van der Waals surface area (Å²) in [6, 6.07) is 18.4. The van der Waals surface area contributed by atoms with Gasteiger partial charge >= 0.3 is 0 Å². The van der Waals surface area contributed by atoms with Gasteiger partial charge < -0.3 is 9.88 Å². The predicted molar refractivity (Wildman–Crippen MR) is 103 cm³/mol. The Bertz CT molecular complexity index is 827. The van der Waals surface area contributed by atoms with Gasteiger partial charge in [-0.1, -0.05) is 43.7 Å². The van der Waals surface area contributed by atoms with Crippen molar-refractivity contribution in [1.82, 2.24) is 9.88 Å². The van der Waals surface area contributed by atoms with Gasteiger partial charge in [0, 0.05) is 42.7 Å². The molecule has 2 heterocycles. The lowest BCUT2D eigenvalue weighted by molar-refractivity contribution is 0.658. The summed E-state index contributed by atoms with van der Waals surface area (Å²) >= 11 is 0. The number of hydrogen-bond donors (Lipinski definition) is 1. The Morgan fingerprint density at radius 1 is 0.958 bits per heavy atom. The first kappa shape index (κ1) is 15.5. The molecule has 3 aromatic rings. The van der Waals surface area contributed by atoms with Crippen LogP contribution in [0.3, 0.4) is 0 Å². The van der Waals surface area contributed by atoms with Crippen molar-refractivity contribution in [1.29, 1.82) is 0 Å². The molecule has 0 aliphatic carbocycles. The summed E-state index contributed by atoms with van der Waals surface area (Å²) in [7, 11) is 0. The molecule has 1 aromatic heterocycles. The van der Waals surface area contributed by atoms with Crippen LogP contribution in [0.25, 0.3) is 22.0 Å². The summed E-state index contributed by atoms with van der Waals surface area (Å²) in [5.41, 5.74) is 6.92. The SMILES string of the molecule is CCCCc1ccc(-c2ccc3c(c2)cc2n3CCNCC2)cc1. The van der Waals surface area contributed by atoms with Crippen LogP contribution in [0.15, 0.2) is 48.5 Å². The zero-order valence-corrected chi connectivity index (χ0v) is 14.5. The standard InChI is InChI=1S/C22H26N2/c1-2-3-4-17-5-7-18(8-6-17)19-9-10-22-20(15-19)16-21-11-12-23-13-14-24(21)22/h5-10,15-16,23H,2-4,11-14H2,1H3. The van der Waals surface area contributed by atoms with E-state index < -0.39 is 0 Å². The van der Waals surface area contributed by atoms with E-state index in [0.29, 0.717) is 0 Å². The van der Waals surface area contributed by atoms with Crippen LogP contribution in [0.5, 0.6) is 0 Å². The van der Waals surface area contributed by atoms with E-state index in [0.717, 1.165) is 26.1 Å². The summed E-state index contributed by atoms with van der Waals surface area (Å²) in [5, 5.41) is 4.86. The van der Waals surface area contributed by atoms with Crippen molar-refractivity contribution in [2.75, 3.05) is 13.1 Å². The fourth-order valence-electron chi connectivity index (χ4n) is 3.76. The largest absolute Gasteiger partial charge is 0.343 e. The maximum absolute atomic E-state index is 3.48. The van der Waals surface area contributed by atoms with Crippen LogP contribution in [0.4, 0.5) is 0 Å². The zero-order valence-electron chi connectivity index (χ0n) is 14.5. The number of aromatic nitrogens is 1. The highest BCUT2D eigenvalue weighted by Crippen LogP contribution is 2.28. The van der Waals surface area contributed by atoms with E-state index in [4.69, 9.17) is 0 Å². The zero-order chi connectivity index (χ0) is 16.4. The van der Waals surface area contributed by atoms with Gasteiger partial charge in [-0.15, -0.1) is 0 Å². The molecule has 1 aliphatic rings. The lowest BCUT2D eigenvalue weighted by Crippen LogP contribution is -2.17. The van der Waals surface area contributed by atoms with E-state index in [-0.39, 0.29) is 0 Å². The molecule has 0 bridgehead atoms. The molecule has 1 aliphatic heterocycles. The topological polar surface area (TPSA) is 17.0 Å². The molecule has 2 heteroatoms. The number of unbranched alkanes of at least 4 members (excludes halogenated alkanes) is 1. The first-order valence-corrected chi connectivity index (χ1v) is 9.27. The summed E-state index contributed by atoms with van der Waals surface area (Å²) in [6.07, 6.45) is 4.84. The van der Waals surface area contributed by atoms with E-state index in [2.05, 4.69) is 65.3 Å². The molecule has 0 radical (unpaired) electrons. The first-order chi connectivity index (χ1) is 11.8. The van der Waals surface area contributed by atoms with E-state index in [1.165, 1.54) is 52.5 Å². The Morgan fingerprint density at radius 3 is 2.62 bits per heavy atom. The second kappa shape index (κ2) is 6.82. The Hall–Kier alpha value is -2.06. The van der Waals surface area contributed by atoms with Gasteiger partial charge in [0.05, 0.1) is 0 Å². The van der Waals surface area contributed by atoms with Crippen molar-refractivity contribution in [3.63, 3.8) is 0 Å². The molecule has 0 spiro atoms. The van der Waals surface area contributed by atoms with Crippen LogP contribution in [0.1, 0.15) is 31.0 Å². The fraction of sp³-hybridized carbons (Fsp3) is 0.364. The van der Waals surface area contributed by atoms with Crippen molar-refractivity contribution < 1.29 is 0 Å². The number of hydrogen-bond acceptors (Lipinski definition) is 1. The normalized spacial score (nSPS) is 14.5. The quantitative estimate of drug-likeness (QED) is 0.731. The Balaban J connectivity index is 1.65. The summed E-state index contributed by atoms with van der Waals surface area (Å²) in [4.78, 5) is 0. The van der Waals surface area contributed by atoms with Crippen LogP contribution >= 0.6 is 0 Å². The van der Waals surface area contributed by atoms with Gasteiger partial charge in [-0.3, -0.25) is 0 Å². The van der Waals surface area contributed by atoms with E-state index in [1.54, 1.807) is 0 Å². The number of rotatable bonds is 4. The molecule has 124 valence electrons. The minimum absolute atomic E-state index is 1.07. The van der Waals surface area contributed by atoms with Gasteiger partial charge in [-0.25, -0.2) is 0 Å². The lowest BCUT2D eigenvalue weighted by atomic mass is 10.0. The lowest BCUT2D eigenvalue weighted by Gasteiger charge is -2.07. The van der Waals surface area contributed by atoms with Crippen molar-refractivity contribution in [2.45, 2.75) is 39.2 Å². The summed E-state index contributed by atoms with van der Waals surface area (Å²) < 4.78 is 2.48. The fourth-order valence-corrected chi connectivity index (χ4v) is 3.76. The monoisotopic (exact) mass is 318 g/mol. The Labute approximate surface area is 144 Å². The molecular formula is C22H26N2. The second-order valence-electron chi connectivity index (χ2n) is 6.86. The number of nitrogens with zero attached hydrogens (tertiary/aromatic N) is 1. The molecule has 1 N–H and O–H groups in total. The average Bonchev–Trinajstić information content (AvgIpc) is 2.80. The number of nitrogens with one attached hydrogen (secondary N) is 1. The highest BCUT2D eigenvalue weighted by atomic mass is 15.0. The van der Waals surface area contributed by atoms with Crippen LogP contribution in [0.2, 0.25) is 0 Å². The third kappa shape index (κ3) is 2.99. The summed E-state index contributed by atoms with van der Waals surface area (Å²) in [6.45, 7) is 5.48. The van der Waals surface area contributed by atoms with Crippen molar-refractivity contribution in [2.24, 2.45) is 0 Å². The van der Waals surface area contributed by atoms with Crippen molar-refractivity contribution in [3.8, 4) is 11.1 Å². The number of fused-ring (bicyclic) bond motifs is 3. The minimum Gasteiger partial charge on any atom is -0.343 e. The third-order valence-corrected chi connectivity index (χ3v) is 5.16. The van der Waals surface area contributed by atoms with Crippen molar-refractivity contribution >= 4 is 10.9 Å². The van der Waals surface area contributed by atoms with Gasteiger partial charge in [0.25, 0.3) is 0 Å². The van der Waals surface area contributed by atoms with Crippen LogP contribution in [-0.4, -0.2) is 17.7 Å². The second-order valence-corrected chi connectivity index (χ2v) is 6.86. The Kier molecular flexibility index (Phi) is 4.40. The van der Waals surface area contributed by atoms with Crippen LogP contribution in [0, 0.1) is 0 Å². The van der Waals surface area contributed by atoms with Gasteiger partial charge in [0.2, 0.25) is 0 Å². The van der Waals surface area contributed by atoms with Gasteiger partial charge in [-0.05, 0) is 47.7 Å². The molecular weight excluding hydrogens is 292 g/mol. The first-order valence-electron chi connectivity index (χ1n) is 9.27. The van der Waals surface area contributed by atoms with Crippen LogP contribution in [-0.2, 0) is 19.4 Å². The van der Waals surface area contributed by atoms with E-state index in [1.807, 2.05) is 0 Å². The van der Waals surface area contributed by atoms with Crippen molar-refractivity contribution in [3.05, 3.63) is 59.8 Å². The van der Waals surface area contributed by atoms with Gasteiger partial charge in [0.15, 0.2) is 0 Å². The molecule has 4 rings (SSSR count). The average molecular weight is 318 g/mol. The summed E-state index contributed by atoms with van der Waals surface area (Å²) in [5.74, 6) is 0. The smallest absolute Gasteiger partial charge is 0.0483 e. The van der Waals surface area contributed by atoms with Gasteiger partial charge in [0.1, 0.15) is 0 Å². The molecule has 0 fully saturated rings. The maximum atomic E-state index is 3.48. The van der Waals surface area contributed by atoms with E-state index in [9.17, 15) is 0 Å². The highest BCUT2D eigenvalue weighted by Gasteiger charge is 2.12. The molecule has 2 nitrogen and oxygen atoms in total. The number of aryl methyl sites for hydroxylation is 1. The van der Waals surface area contributed by atoms with E-state index >= 15 is 0 Å². The molecule has 2 aromatic carbocycles. The third-order valence-electron chi connectivity index (χ3n) is 5.16. The Morgan fingerprint density at radius 2 is 1.79 bits per heavy atom. The molecule has 0 atom stereocenters. The molecule has 0 saturated carbocycles. The molecule has 0 saturated heterocycles.